The third-order valence-corrected chi connectivity index (χ3v) is 6.75. The summed E-state index contributed by atoms with van der Waals surface area (Å²) in [6.45, 7) is 1.73. The first-order valence-electron chi connectivity index (χ1n) is 8.59. The van der Waals surface area contributed by atoms with Gasteiger partial charge >= 0.3 is 0 Å². The normalized spacial score (nSPS) is 15.0. The van der Waals surface area contributed by atoms with Crippen LogP contribution in [0, 0.1) is 0 Å². The van der Waals surface area contributed by atoms with Crippen LogP contribution in [0.1, 0.15) is 28.8 Å². The smallest absolute Gasteiger partial charge is 0.257 e. The Morgan fingerprint density at radius 3 is 2.81 bits per heavy atom. The van der Waals surface area contributed by atoms with Crippen LogP contribution in [-0.2, 0) is 10.5 Å². The Morgan fingerprint density at radius 2 is 2.04 bits per heavy atom. The molecular formula is C20H22ClNO2S2. The van der Waals surface area contributed by atoms with E-state index in [9.17, 15) is 4.79 Å². The maximum atomic E-state index is 12.6. The first-order valence-corrected chi connectivity index (χ1v) is 11.2. The second kappa shape index (κ2) is 9.70. The van der Waals surface area contributed by atoms with Crippen LogP contribution in [0.15, 0.2) is 47.4 Å². The van der Waals surface area contributed by atoms with Crippen LogP contribution in [0.3, 0.4) is 0 Å². The van der Waals surface area contributed by atoms with Crippen LogP contribution in [0.2, 0.25) is 5.02 Å². The predicted molar refractivity (Wildman–Crippen MR) is 113 cm³/mol. The Hall–Kier alpha value is -1.14. The second-order valence-electron chi connectivity index (χ2n) is 6.12. The Balaban J connectivity index is 1.63. The zero-order valence-electron chi connectivity index (χ0n) is 14.7. The number of nitrogens with one attached hydrogen (secondary N) is 1. The lowest BCUT2D eigenvalue weighted by atomic mass is 10.2. The first-order chi connectivity index (χ1) is 12.7. The van der Waals surface area contributed by atoms with Crippen molar-refractivity contribution in [2.24, 2.45) is 0 Å². The molecule has 0 bridgehead atoms. The van der Waals surface area contributed by atoms with Gasteiger partial charge in [0, 0.05) is 34.8 Å². The number of thioether (sulfide) groups is 2. The number of halogens is 1. The molecule has 0 aromatic heterocycles. The molecule has 0 saturated carbocycles. The number of hydrogen-bond acceptors (Lipinski definition) is 4. The molecular weight excluding hydrogens is 386 g/mol. The SMILES string of the molecule is CSc1ccc(Cl)c(C(=O)Nc2cccc(CSC3CCOCC3)c2)c1. The Bertz CT molecular complexity index is 763. The fourth-order valence-corrected chi connectivity index (χ4v) is 4.58. The van der Waals surface area contributed by atoms with Crippen molar-refractivity contribution in [3.63, 3.8) is 0 Å². The van der Waals surface area contributed by atoms with Crippen LogP contribution in [0.25, 0.3) is 0 Å². The van der Waals surface area contributed by atoms with E-state index in [0.717, 1.165) is 42.4 Å². The summed E-state index contributed by atoms with van der Waals surface area (Å²) in [7, 11) is 0. The molecule has 1 aliphatic heterocycles. The number of carbonyl (C=O) groups excluding carboxylic acids is 1. The first kappa shape index (κ1) is 19.6. The molecule has 1 fully saturated rings. The van der Waals surface area contributed by atoms with Crippen LogP contribution in [0.5, 0.6) is 0 Å². The van der Waals surface area contributed by atoms with Gasteiger partial charge < -0.3 is 10.1 Å². The van der Waals surface area contributed by atoms with Crippen molar-refractivity contribution in [3.05, 3.63) is 58.6 Å². The van der Waals surface area contributed by atoms with Crippen LogP contribution >= 0.6 is 35.1 Å². The van der Waals surface area contributed by atoms with Crippen molar-refractivity contribution in [3.8, 4) is 0 Å². The fourth-order valence-electron chi connectivity index (χ4n) is 2.80. The maximum absolute atomic E-state index is 12.6. The third-order valence-electron chi connectivity index (χ3n) is 4.26. The number of hydrogen-bond donors (Lipinski definition) is 1. The van der Waals surface area contributed by atoms with Gasteiger partial charge in [-0.2, -0.15) is 11.8 Å². The zero-order chi connectivity index (χ0) is 18.4. The molecule has 1 aliphatic rings. The minimum atomic E-state index is -0.180. The molecule has 1 N–H and O–H groups in total. The molecule has 0 spiro atoms. The van der Waals surface area contributed by atoms with Crippen LogP contribution in [-0.4, -0.2) is 30.6 Å². The fraction of sp³-hybridized carbons (Fsp3) is 0.350. The molecule has 0 atom stereocenters. The summed E-state index contributed by atoms with van der Waals surface area (Å²) >= 11 is 9.75. The van der Waals surface area contributed by atoms with E-state index in [0.29, 0.717) is 15.8 Å². The standard InChI is InChI=1S/C20H22ClNO2S2/c1-25-17-5-6-19(21)18(12-17)20(23)22-15-4-2-3-14(11-15)13-26-16-7-9-24-10-8-16/h2-6,11-12,16H,7-10,13H2,1H3,(H,22,23). The monoisotopic (exact) mass is 407 g/mol. The summed E-state index contributed by atoms with van der Waals surface area (Å²) in [5.74, 6) is 0.761. The Kier molecular flexibility index (Phi) is 7.32. The molecule has 1 saturated heterocycles. The van der Waals surface area contributed by atoms with Gasteiger partial charge in [0.05, 0.1) is 10.6 Å². The molecule has 2 aromatic rings. The highest BCUT2D eigenvalue weighted by Gasteiger charge is 2.15. The summed E-state index contributed by atoms with van der Waals surface area (Å²) in [4.78, 5) is 13.6. The largest absolute Gasteiger partial charge is 0.381 e. The van der Waals surface area contributed by atoms with Gasteiger partial charge in [-0.25, -0.2) is 0 Å². The lowest BCUT2D eigenvalue weighted by Crippen LogP contribution is -2.17. The van der Waals surface area contributed by atoms with Gasteiger partial charge in [-0.15, -0.1) is 11.8 Å². The molecule has 1 heterocycles. The molecule has 138 valence electrons. The second-order valence-corrected chi connectivity index (χ2v) is 8.70. The zero-order valence-corrected chi connectivity index (χ0v) is 17.1. The van der Waals surface area contributed by atoms with Gasteiger partial charge in [0.2, 0.25) is 0 Å². The van der Waals surface area contributed by atoms with Crippen LogP contribution < -0.4 is 5.32 Å². The van der Waals surface area contributed by atoms with Crippen molar-refractivity contribution in [1.82, 2.24) is 0 Å². The van der Waals surface area contributed by atoms with E-state index < -0.39 is 0 Å². The van der Waals surface area contributed by atoms with Gasteiger partial charge in [0.25, 0.3) is 5.91 Å². The molecule has 1 amide bonds. The van der Waals surface area contributed by atoms with E-state index in [4.69, 9.17) is 16.3 Å². The minimum absolute atomic E-state index is 0.180. The van der Waals surface area contributed by atoms with Gasteiger partial charge in [-0.1, -0.05) is 23.7 Å². The van der Waals surface area contributed by atoms with Crippen molar-refractivity contribution in [2.75, 3.05) is 24.8 Å². The lowest BCUT2D eigenvalue weighted by molar-refractivity contribution is 0.1000. The van der Waals surface area contributed by atoms with E-state index in [-0.39, 0.29) is 5.91 Å². The molecule has 3 nitrogen and oxygen atoms in total. The predicted octanol–water partition coefficient (Wildman–Crippen LogP) is 5.73. The van der Waals surface area contributed by atoms with E-state index in [2.05, 4.69) is 11.4 Å². The van der Waals surface area contributed by atoms with E-state index in [1.165, 1.54) is 5.56 Å². The van der Waals surface area contributed by atoms with E-state index >= 15 is 0 Å². The highest BCUT2D eigenvalue weighted by Crippen LogP contribution is 2.27. The number of carbonyl (C=O) groups is 1. The Labute approximate surface area is 168 Å². The summed E-state index contributed by atoms with van der Waals surface area (Å²) in [6, 6.07) is 13.5. The highest BCUT2D eigenvalue weighted by atomic mass is 35.5. The summed E-state index contributed by atoms with van der Waals surface area (Å²) in [5, 5.41) is 4.09. The number of amides is 1. The minimum Gasteiger partial charge on any atom is -0.381 e. The molecule has 3 rings (SSSR count). The summed E-state index contributed by atoms with van der Waals surface area (Å²) in [5.41, 5.74) is 2.51. The van der Waals surface area contributed by atoms with Crippen molar-refractivity contribution in [1.29, 1.82) is 0 Å². The average Bonchev–Trinajstić information content (AvgIpc) is 2.68. The topological polar surface area (TPSA) is 38.3 Å². The molecule has 26 heavy (non-hydrogen) atoms. The van der Waals surface area contributed by atoms with Crippen molar-refractivity contribution in [2.45, 2.75) is 28.7 Å². The number of anilines is 1. The maximum Gasteiger partial charge on any atom is 0.257 e. The average molecular weight is 408 g/mol. The van der Waals surface area contributed by atoms with E-state index in [1.807, 2.05) is 48.3 Å². The molecule has 0 aliphatic carbocycles. The number of ether oxygens (including phenoxy) is 1. The summed E-state index contributed by atoms with van der Waals surface area (Å²) in [6.07, 6.45) is 4.21. The molecule has 6 heteroatoms. The summed E-state index contributed by atoms with van der Waals surface area (Å²) < 4.78 is 5.41. The van der Waals surface area contributed by atoms with Gasteiger partial charge in [-0.05, 0) is 55.0 Å². The van der Waals surface area contributed by atoms with Crippen molar-refractivity contribution >= 4 is 46.7 Å². The molecule has 0 unspecified atom stereocenters. The lowest BCUT2D eigenvalue weighted by Gasteiger charge is -2.21. The van der Waals surface area contributed by atoms with Gasteiger partial charge in [0.1, 0.15) is 0 Å². The number of benzene rings is 2. The Morgan fingerprint density at radius 1 is 1.23 bits per heavy atom. The van der Waals surface area contributed by atoms with Crippen LogP contribution in [0.4, 0.5) is 5.69 Å². The van der Waals surface area contributed by atoms with Gasteiger partial charge in [-0.3, -0.25) is 4.79 Å². The van der Waals surface area contributed by atoms with E-state index in [1.54, 1.807) is 17.8 Å². The highest BCUT2D eigenvalue weighted by molar-refractivity contribution is 7.99. The number of rotatable bonds is 6. The quantitative estimate of drug-likeness (QED) is 0.621. The molecule has 2 aromatic carbocycles. The third kappa shape index (κ3) is 5.43. The molecule has 0 radical (unpaired) electrons. The van der Waals surface area contributed by atoms with Crippen molar-refractivity contribution < 1.29 is 9.53 Å². The van der Waals surface area contributed by atoms with Gasteiger partial charge in [0.15, 0.2) is 0 Å².